The molecule has 116 valence electrons. The van der Waals surface area contributed by atoms with Gasteiger partial charge in [0.15, 0.2) is 0 Å². The summed E-state index contributed by atoms with van der Waals surface area (Å²) < 4.78 is 0. The highest BCUT2D eigenvalue weighted by Gasteiger charge is 2.15. The number of aromatic nitrogens is 1. The number of H-pyrrole nitrogens is 1. The smallest absolute Gasteiger partial charge is 0.260 e. The first-order chi connectivity index (χ1) is 11.8. The second-order valence-corrected chi connectivity index (χ2v) is 5.64. The number of hydrogen-bond acceptors (Lipinski definition) is 2. The molecule has 0 aliphatic carbocycles. The van der Waals surface area contributed by atoms with Gasteiger partial charge in [-0.2, -0.15) is 0 Å². The maximum Gasteiger partial charge on any atom is 0.260 e. The van der Waals surface area contributed by atoms with Crippen LogP contribution in [0, 0.1) is 0 Å². The molecule has 1 aromatic heterocycles. The van der Waals surface area contributed by atoms with Crippen LogP contribution >= 0.6 is 0 Å². The van der Waals surface area contributed by atoms with Crippen molar-refractivity contribution in [3.8, 4) is 28.0 Å². The van der Waals surface area contributed by atoms with Crippen LogP contribution in [0.2, 0.25) is 0 Å². The van der Waals surface area contributed by atoms with E-state index >= 15 is 0 Å². The second-order valence-electron chi connectivity index (χ2n) is 5.64. The third-order valence-electron chi connectivity index (χ3n) is 4.17. The van der Waals surface area contributed by atoms with E-state index in [0.29, 0.717) is 22.0 Å². The van der Waals surface area contributed by atoms with E-state index in [4.69, 9.17) is 0 Å². The number of aromatic hydroxyl groups is 1. The van der Waals surface area contributed by atoms with Gasteiger partial charge in [0.05, 0.1) is 11.1 Å². The van der Waals surface area contributed by atoms with Crippen LogP contribution in [0.5, 0.6) is 5.75 Å². The molecule has 0 aliphatic rings. The number of hydrogen-bond donors (Lipinski definition) is 2. The van der Waals surface area contributed by atoms with E-state index in [9.17, 15) is 9.90 Å². The van der Waals surface area contributed by atoms with Crippen LogP contribution in [-0.4, -0.2) is 10.1 Å². The minimum Gasteiger partial charge on any atom is -0.506 e. The SMILES string of the molecule is O=c1[nH]c2c(-c3ccccc3)cccc2c(O)c1-c1ccccc1. The monoisotopic (exact) mass is 313 g/mol. The second kappa shape index (κ2) is 5.70. The van der Waals surface area contributed by atoms with Gasteiger partial charge in [0.2, 0.25) is 0 Å². The van der Waals surface area contributed by atoms with Crippen molar-refractivity contribution in [1.29, 1.82) is 0 Å². The molecule has 3 aromatic carbocycles. The summed E-state index contributed by atoms with van der Waals surface area (Å²) in [6, 6.07) is 24.7. The van der Waals surface area contributed by atoms with Gasteiger partial charge in [-0.05, 0) is 17.2 Å². The Morgan fingerprint density at radius 3 is 2.00 bits per heavy atom. The molecule has 24 heavy (non-hydrogen) atoms. The third-order valence-corrected chi connectivity index (χ3v) is 4.17. The molecule has 3 nitrogen and oxygen atoms in total. The van der Waals surface area contributed by atoms with Crippen molar-refractivity contribution in [3.63, 3.8) is 0 Å². The lowest BCUT2D eigenvalue weighted by Gasteiger charge is -2.11. The summed E-state index contributed by atoms with van der Waals surface area (Å²) in [5, 5.41) is 11.4. The number of rotatable bonds is 2. The van der Waals surface area contributed by atoms with Gasteiger partial charge in [-0.1, -0.05) is 72.8 Å². The van der Waals surface area contributed by atoms with Crippen molar-refractivity contribution in [2.24, 2.45) is 0 Å². The third kappa shape index (κ3) is 2.27. The Hall–Kier alpha value is -3.33. The molecule has 1 heterocycles. The van der Waals surface area contributed by atoms with Crippen LogP contribution in [-0.2, 0) is 0 Å². The highest BCUT2D eigenvalue weighted by Crippen LogP contribution is 2.35. The van der Waals surface area contributed by atoms with E-state index in [1.807, 2.05) is 78.9 Å². The fourth-order valence-electron chi connectivity index (χ4n) is 3.03. The van der Waals surface area contributed by atoms with Crippen LogP contribution in [0.3, 0.4) is 0 Å². The molecule has 0 fully saturated rings. The van der Waals surface area contributed by atoms with Gasteiger partial charge >= 0.3 is 0 Å². The number of pyridine rings is 1. The van der Waals surface area contributed by atoms with Gasteiger partial charge in [0.25, 0.3) is 5.56 Å². The van der Waals surface area contributed by atoms with Crippen molar-refractivity contribution in [2.75, 3.05) is 0 Å². The predicted molar refractivity (Wildman–Crippen MR) is 97.1 cm³/mol. The zero-order valence-electron chi connectivity index (χ0n) is 12.9. The predicted octanol–water partition coefficient (Wildman–Crippen LogP) is 4.57. The van der Waals surface area contributed by atoms with Crippen LogP contribution in [0.1, 0.15) is 0 Å². The summed E-state index contributed by atoms with van der Waals surface area (Å²) in [5.41, 5.74) is 3.22. The summed E-state index contributed by atoms with van der Waals surface area (Å²) in [7, 11) is 0. The molecule has 0 unspecified atom stereocenters. The molecule has 0 bridgehead atoms. The Bertz CT molecular complexity index is 1070. The molecule has 2 N–H and O–H groups in total. The lowest BCUT2D eigenvalue weighted by molar-refractivity contribution is 0.482. The van der Waals surface area contributed by atoms with E-state index in [0.717, 1.165) is 11.1 Å². The zero-order valence-corrected chi connectivity index (χ0v) is 12.9. The molecule has 0 saturated carbocycles. The average molecular weight is 313 g/mol. The van der Waals surface area contributed by atoms with Crippen molar-refractivity contribution in [1.82, 2.24) is 4.98 Å². The summed E-state index contributed by atoms with van der Waals surface area (Å²) in [5.74, 6) is 0.0118. The number of benzene rings is 3. The van der Waals surface area contributed by atoms with E-state index in [1.165, 1.54) is 0 Å². The number of nitrogens with one attached hydrogen (secondary N) is 1. The summed E-state index contributed by atoms with van der Waals surface area (Å²) in [6.07, 6.45) is 0. The highest BCUT2D eigenvalue weighted by molar-refractivity contribution is 5.99. The largest absolute Gasteiger partial charge is 0.506 e. The fourth-order valence-corrected chi connectivity index (χ4v) is 3.03. The Morgan fingerprint density at radius 2 is 1.33 bits per heavy atom. The van der Waals surface area contributed by atoms with E-state index in [-0.39, 0.29) is 11.3 Å². The van der Waals surface area contributed by atoms with Crippen molar-refractivity contribution in [2.45, 2.75) is 0 Å². The molecule has 0 aliphatic heterocycles. The molecule has 0 saturated heterocycles. The Kier molecular flexibility index (Phi) is 3.39. The highest BCUT2D eigenvalue weighted by atomic mass is 16.3. The van der Waals surface area contributed by atoms with Crippen molar-refractivity contribution in [3.05, 3.63) is 89.2 Å². The van der Waals surface area contributed by atoms with Crippen LogP contribution in [0.15, 0.2) is 83.7 Å². The minimum atomic E-state index is -0.297. The van der Waals surface area contributed by atoms with Crippen molar-refractivity contribution >= 4 is 10.9 Å². The molecule has 0 amide bonds. The summed E-state index contributed by atoms with van der Waals surface area (Å²) in [6.45, 7) is 0. The lowest BCUT2D eigenvalue weighted by Crippen LogP contribution is -2.09. The molecule has 0 atom stereocenters. The van der Waals surface area contributed by atoms with Gasteiger partial charge in [-0.25, -0.2) is 0 Å². The molecule has 0 spiro atoms. The van der Waals surface area contributed by atoms with Crippen LogP contribution < -0.4 is 5.56 Å². The van der Waals surface area contributed by atoms with E-state index < -0.39 is 0 Å². The maximum absolute atomic E-state index is 12.6. The molecule has 4 rings (SSSR count). The Labute approximate surface area is 138 Å². The van der Waals surface area contributed by atoms with E-state index in [2.05, 4.69) is 4.98 Å². The first-order valence-electron chi connectivity index (χ1n) is 7.74. The summed E-state index contributed by atoms with van der Waals surface area (Å²) in [4.78, 5) is 15.6. The van der Waals surface area contributed by atoms with Crippen LogP contribution in [0.25, 0.3) is 33.2 Å². The Morgan fingerprint density at radius 1 is 0.708 bits per heavy atom. The lowest BCUT2D eigenvalue weighted by atomic mass is 9.98. The van der Waals surface area contributed by atoms with Gasteiger partial charge in [-0.3, -0.25) is 4.79 Å². The molecule has 4 aromatic rings. The quantitative estimate of drug-likeness (QED) is 0.569. The fraction of sp³-hybridized carbons (Fsp3) is 0. The number of fused-ring (bicyclic) bond motifs is 1. The first-order valence-corrected chi connectivity index (χ1v) is 7.74. The molecule has 0 radical (unpaired) electrons. The standard InChI is InChI=1S/C21H15NO2/c23-20-17-13-7-12-16(14-8-3-1-4-9-14)19(17)22-21(24)18(20)15-10-5-2-6-11-15/h1-13H,(H2,22,23,24). The van der Waals surface area contributed by atoms with Crippen molar-refractivity contribution < 1.29 is 5.11 Å². The molecular weight excluding hydrogens is 298 g/mol. The molecule has 3 heteroatoms. The minimum absolute atomic E-state index is 0.0118. The Balaban J connectivity index is 2.05. The normalized spacial score (nSPS) is 10.8. The topological polar surface area (TPSA) is 53.1 Å². The maximum atomic E-state index is 12.6. The number of para-hydroxylation sites is 1. The zero-order chi connectivity index (χ0) is 16.5. The average Bonchev–Trinajstić information content (AvgIpc) is 2.63. The molecular formula is C21H15NO2. The van der Waals surface area contributed by atoms with Gasteiger partial charge in [0.1, 0.15) is 5.75 Å². The van der Waals surface area contributed by atoms with E-state index in [1.54, 1.807) is 0 Å². The number of aromatic amines is 1. The van der Waals surface area contributed by atoms with Gasteiger partial charge < -0.3 is 10.1 Å². The first kappa shape index (κ1) is 14.3. The van der Waals surface area contributed by atoms with Crippen LogP contribution in [0.4, 0.5) is 0 Å². The summed E-state index contributed by atoms with van der Waals surface area (Å²) >= 11 is 0. The van der Waals surface area contributed by atoms with Gasteiger partial charge in [-0.15, -0.1) is 0 Å². The van der Waals surface area contributed by atoms with Gasteiger partial charge in [0, 0.05) is 10.9 Å².